The molecule has 1 aliphatic rings. The van der Waals surface area contributed by atoms with Crippen molar-refractivity contribution < 1.29 is 36.2 Å². The van der Waals surface area contributed by atoms with E-state index in [0.29, 0.717) is 24.2 Å². The molecule has 31 heavy (non-hydrogen) atoms. The van der Waals surface area contributed by atoms with Crippen LogP contribution in [-0.4, -0.2) is 45.5 Å². The molecule has 2 aromatic carbocycles. The first kappa shape index (κ1) is 23.0. The molecular formula is C21H23F2NO6S. The molecule has 1 saturated heterocycles. The number of para-hydroxylation sites is 1. The van der Waals surface area contributed by atoms with Crippen LogP contribution in [0.15, 0.2) is 53.4 Å². The number of piperidine rings is 1. The number of benzene rings is 2. The molecule has 1 aliphatic heterocycles. The fourth-order valence-corrected chi connectivity index (χ4v) is 4.80. The minimum Gasteiger partial charge on any atom is -0.497 e. The largest absolute Gasteiger partial charge is 0.497 e. The summed E-state index contributed by atoms with van der Waals surface area (Å²) in [6.45, 7) is -2.82. The second kappa shape index (κ2) is 10.1. The molecule has 0 bridgehead atoms. The molecule has 0 N–H and O–H groups in total. The molecule has 1 heterocycles. The number of carbonyl (C=O) groups excluding carboxylic acids is 1. The summed E-state index contributed by atoms with van der Waals surface area (Å²) in [6.07, 6.45) is 0.618. The number of hydrogen-bond donors (Lipinski definition) is 0. The van der Waals surface area contributed by atoms with Crippen molar-refractivity contribution in [2.75, 3.05) is 20.2 Å². The topological polar surface area (TPSA) is 82.1 Å². The van der Waals surface area contributed by atoms with Gasteiger partial charge in [-0.05, 0) is 43.2 Å². The third-order valence-electron chi connectivity index (χ3n) is 5.04. The van der Waals surface area contributed by atoms with Crippen LogP contribution in [0.4, 0.5) is 8.78 Å². The number of ether oxygens (including phenoxy) is 3. The molecule has 7 nitrogen and oxygen atoms in total. The van der Waals surface area contributed by atoms with E-state index in [2.05, 4.69) is 4.74 Å². The third kappa shape index (κ3) is 5.71. The number of hydrogen-bond acceptors (Lipinski definition) is 6. The van der Waals surface area contributed by atoms with Crippen molar-refractivity contribution in [1.82, 2.24) is 4.31 Å². The van der Waals surface area contributed by atoms with E-state index in [9.17, 15) is 22.0 Å². The predicted octanol–water partition coefficient (Wildman–Crippen LogP) is 3.44. The summed E-state index contributed by atoms with van der Waals surface area (Å²) in [4.78, 5) is 12.6. The van der Waals surface area contributed by atoms with Gasteiger partial charge in [-0.15, -0.1) is 0 Å². The summed E-state index contributed by atoms with van der Waals surface area (Å²) < 4.78 is 66.7. The Morgan fingerprint density at radius 3 is 2.35 bits per heavy atom. The molecule has 0 saturated carbocycles. The van der Waals surface area contributed by atoms with Crippen LogP contribution in [0, 0.1) is 5.92 Å². The van der Waals surface area contributed by atoms with Gasteiger partial charge in [0.15, 0.2) is 0 Å². The zero-order chi connectivity index (χ0) is 22.4. The average Bonchev–Trinajstić information content (AvgIpc) is 2.78. The normalized spacial score (nSPS) is 15.6. The summed E-state index contributed by atoms with van der Waals surface area (Å²) in [5, 5.41) is 0. The van der Waals surface area contributed by atoms with Crippen LogP contribution in [-0.2, 0) is 26.2 Å². The van der Waals surface area contributed by atoms with E-state index < -0.39 is 28.5 Å². The molecule has 0 radical (unpaired) electrons. The number of esters is 1. The van der Waals surface area contributed by atoms with Gasteiger partial charge in [-0.3, -0.25) is 4.79 Å². The lowest BCUT2D eigenvalue weighted by Crippen LogP contribution is -2.40. The maximum Gasteiger partial charge on any atom is 0.387 e. The van der Waals surface area contributed by atoms with Crippen LogP contribution < -0.4 is 9.47 Å². The maximum atomic E-state index is 12.8. The lowest BCUT2D eigenvalue weighted by Gasteiger charge is -2.30. The SMILES string of the molecule is COc1ccc(S(=O)(=O)N2CCC(C(=O)OCc3ccccc3OC(F)F)CC2)cc1. The summed E-state index contributed by atoms with van der Waals surface area (Å²) >= 11 is 0. The van der Waals surface area contributed by atoms with Gasteiger partial charge in [0, 0.05) is 18.7 Å². The van der Waals surface area contributed by atoms with Crippen molar-refractivity contribution in [3.05, 3.63) is 54.1 Å². The summed E-state index contributed by atoms with van der Waals surface area (Å²) in [5.74, 6) is -0.453. The summed E-state index contributed by atoms with van der Waals surface area (Å²) in [6, 6.07) is 12.2. The summed E-state index contributed by atoms with van der Waals surface area (Å²) in [7, 11) is -2.17. The van der Waals surface area contributed by atoms with Crippen LogP contribution in [0.1, 0.15) is 18.4 Å². The number of carbonyl (C=O) groups is 1. The Balaban J connectivity index is 1.55. The average molecular weight is 455 g/mol. The van der Waals surface area contributed by atoms with Gasteiger partial charge in [-0.2, -0.15) is 13.1 Å². The molecule has 3 rings (SSSR count). The zero-order valence-corrected chi connectivity index (χ0v) is 17.7. The molecule has 0 unspecified atom stereocenters. The van der Waals surface area contributed by atoms with Gasteiger partial charge in [-0.1, -0.05) is 18.2 Å². The van der Waals surface area contributed by atoms with E-state index in [4.69, 9.17) is 9.47 Å². The van der Waals surface area contributed by atoms with Gasteiger partial charge in [0.05, 0.1) is 17.9 Å². The first-order valence-corrected chi connectivity index (χ1v) is 11.1. The highest BCUT2D eigenvalue weighted by molar-refractivity contribution is 7.89. The number of methoxy groups -OCH3 is 1. The first-order valence-electron chi connectivity index (χ1n) is 9.65. The monoisotopic (exact) mass is 455 g/mol. The zero-order valence-electron chi connectivity index (χ0n) is 16.9. The molecule has 0 amide bonds. The Labute approximate surface area is 179 Å². The summed E-state index contributed by atoms with van der Waals surface area (Å²) in [5.41, 5.74) is 0.329. The molecule has 168 valence electrons. The van der Waals surface area contributed by atoms with E-state index in [1.54, 1.807) is 24.3 Å². The molecule has 0 atom stereocenters. The Bertz CT molecular complexity index is 989. The highest BCUT2D eigenvalue weighted by Crippen LogP contribution is 2.27. The van der Waals surface area contributed by atoms with Gasteiger partial charge in [0.25, 0.3) is 0 Å². The van der Waals surface area contributed by atoms with Crippen molar-refractivity contribution in [1.29, 1.82) is 0 Å². The standard InChI is InChI=1S/C21H23F2NO6S/c1-28-17-6-8-18(9-7-17)31(26,27)24-12-10-15(11-13-24)20(25)29-14-16-4-2-3-5-19(16)30-21(22)23/h2-9,15,21H,10-14H2,1H3. The van der Waals surface area contributed by atoms with Crippen LogP contribution in [0.2, 0.25) is 0 Å². The van der Waals surface area contributed by atoms with Crippen molar-refractivity contribution in [3.63, 3.8) is 0 Å². The minimum absolute atomic E-state index is 0.0503. The lowest BCUT2D eigenvalue weighted by molar-refractivity contribution is -0.151. The van der Waals surface area contributed by atoms with E-state index in [1.807, 2.05) is 0 Å². The molecule has 1 fully saturated rings. The molecule has 10 heteroatoms. The molecule has 2 aromatic rings. The van der Waals surface area contributed by atoms with Crippen LogP contribution >= 0.6 is 0 Å². The van der Waals surface area contributed by atoms with E-state index in [-0.39, 0.29) is 30.3 Å². The Hall–Kier alpha value is -2.72. The van der Waals surface area contributed by atoms with E-state index in [1.165, 1.54) is 35.7 Å². The number of halogens is 2. The van der Waals surface area contributed by atoms with Gasteiger partial charge in [0.1, 0.15) is 18.1 Å². The van der Waals surface area contributed by atoms with Crippen molar-refractivity contribution in [2.24, 2.45) is 5.92 Å². The predicted molar refractivity (Wildman–Crippen MR) is 107 cm³/mol. The van der Waals surface area contributed by atoms with Crippen molar-refractivity contribution in [2.45, 2.75) is 31.0 Å². The van der Waals surface area contributed by atoms with Gasteiger partial charge in [0.2, 0.25) is 10.0 Å². The van der Waals surface area contributed by atoms with Crippen LogP contribution in [0.25, 0.3) is 0 Å². The van der Waals surface area contributed by atoms with E-state index in [0.717, 1.165) is 0 Å². The number of nitrogens with zero attached hydrogens (tertiary/aromatic N) is 1. The number of rotatable bonds is 8. The number of alkyl halides is 2. The fourth-order valence-electron chi connectivity index (χ4n) is 3.33. The number of sulfonamides is 1. The molecular weight excluding hydrogens is 432 g/mol. The minimum atomic E-state index is -3.67. The Kier molecular flexibility index (Phi) is 7.45. The van der Waals surface area contributed by atoms with Gasteiger partial charge < -0.3 is 14.2 Å². The molecule has 0 aromatic heterocycles. The Morgan fingerprint density at radius 2 is 1.74 bits per heavy atom. The van der Waals surface area contributed by atoms with Gasteiger partial charge in [-0.25, -0.2) is 8.42 Å². The van der Waals surface area contributed by atoms with Gasteiger partial charge >= 0.3 is 12.6 Å². The Morgan fingerprint density at radius 1 is 1.10 bits per heavy atom. The third-order valence-corrected chi connectivity index (χ3v) is 6.96. The van der Waals surface area contributed by atoms with Crippen LogP contribution in [0.5, 0.6) is 11.5 Å². The molecule has 0 spiro atoms. The highest BCUT2D eigenvalue weighted by atomic mass is 32.2. The maximum absolute atomic E-state index is 12.8. The van der Waals surface area contributed by atoms with E-state index >= 15 is 0 Å². The first-order chi connectivity index (χ1) is 14.8. The molecule has 0 aliphatic carbocycles. The van der Waals surface area contributed by atoms with Crippen molar-refractivity contribution in [3.8, 4) is 11.5 Å². The van der Waals surface area contributed by atoms with Crippen LogP contribution in [0.3, 0.4) is 0 Å². The quantitative estimate of drug-likeness (QED) is 0.567. The fraction of sp³-hybridized carbons (Fsp3) is 0.381. The smallest absolute Gasteiger partial charge is 0.387 e. The second-order valence-electron chi connectivity index (χ2n) is 6.95. The highest BCUT2D eigenvalue weighted by Gasteiger charge is 2.33. The second-order valence-corrected chi connectivity index (χ2v) is 8.89. The van der Waals surface area contributed by atoms with Crippen molar-refractivity contribution >= 4 is 16.0 Å². The lowest BCUT2D eigenvalue weighted by atomic mass is 9.98.